The van der Waals surface area contributed by atoms with Crippen molar-refractivity contribution in [2.24, 2.45) is 11.8 Å². The molecule has 0 aliphatic heterocycles. The van der Waals surface area contributed by atoms with Gasteiger partial charge in [-0.15, -0.1) is 0 Å². The van der Waals surface area contributed by atoms with Gasteiger partial charge in [-0.3, -0.25) is 0 Å². The molecule has 0 radical (unpaired) electrons. The first-order valence-corrected chi connectivity index (χ1v) is 15.5. The molecule has 0 aromatic heterocycles. The summed E-state index contributed by atoms with van der Waals surface area (Å²) in [7, 11) is 0. The largest absolute Gasteiger partial charge is 0.490 e. The van der Waals surface area contributed by atoms with Gasteiger partial charge in [0.1, 0.15) is 0 Å². The molecule has 0 bridgehead atoms. The van der Waals surface area contributed by atoms with Crippen molar-refractivity contribution in [2.75, 3.05) is 6.61 Å². The molecule has 0 N–H and O–H groups in total. The standard InChI is InChI=1S/C36H38F6O2/c1-3-4-19-43-30-18-17-27(33(39)36(30)42)24-8-6-22(7-9-24)23-10-13-26(14-11-23)44-20-25-12-16-29(35(41)32(25)38)28-15-5-21(2)31(37)34(28)40/h5,8,12,15-18,22-23,26H,3-4,6-7,9-11,13-14,19-20H2,1-2H3. The summed E-state index contributed by atoms with van der Waals surface area (Å²) in [6.45, 7) is 3.63. The molecule has 1 saturated carbocycles. The van der Waals surface area contributed by atoms with Gasteiger partial charge in [0, 0.05) is 22.3 Å². The Kier molecular flexibility index (Phi) is 10.4. The summed E-state index contributed by atoms with van der Waals surface area (Å²) in [4.78, 5) is 0. The Labute approximate surface area is 255 Å². The smallest absolute Gasteiger partial charge is 0.201 e. The maximum absolute atomic E-state index is 14.9. The topological polar surface area (TPSA) is 18.5 Å². The Morgan fingerprint density at radius 1 is 0.682 bits per heavy atom. The summed E-state index contributed by atoms with van der Waals surface area (Å²) in [5.74, 6) is -5.59. The zero-order chi connectivity index (χ0) is 31.4. The molecule has 1 fully saturated rings. The van der Waals surface area contributed by atoms with Gasteiger partial charge in [-0.1, -0.05) is 43.7 Å². The molecule has 0 saturated heterocycles. The minimum Gasteiger partial charge on any atom is -0.490 e. The second kappa shape index (κ2) is 14.2. The van der Waals surface area contributed by atoms with Gasteiger partial charge in [0.2, 0.25) is 5.82 Å². The van der Waals surface area contributed by atoms with Gasteiger partial charge < -0.3 is 9.47 Å². The molecule has 44 heavy (non-hydrogen) atoms. The van der Waals surface area contributed by atoms with Gasteiger partial charge in [0.05, 0.1) is 19.3 Å². The van der Waals surface area contributed by atoms with Crippen LogP contribution in [-0.4, -0.2) is 12.7 Å². The fourth-order valence-corrected chi connectivity index (χ4v) is 6.44. The average molecular weight is 617 g/mol. The van der Waals surface area contributed by atoms with Crippen LogP contribution >= 0.6 is 0 Å². The Balaban J connectivity index is 1.13. The summed E-state index contributed by atoms with van der Waals surface area (Å²) >= 11 is 0. The van der Waals surface area contributed by atoms with Crippen LogP contribution in [-0.2, 0) is 11.3 Å². The first kappa shape index (κ1) is 32.1. The summed E-state index contributed by atoms with van der Waals surface area (Å²) < 4.78 is 98.9. The zero-order valence-electron chi connectivity index (χ0n) is 25.1. The van der Waals surface area contributed by atoms with Crippen molar-refractivity contribution in [3.05, 3.63) is 94.1 Å². The predicted octanol–water partition coefficient (Wildman–Crippen LogP) is 10.6. The number of unbranched alkanes of at least 4 members (excludes halogenated alkanes) is 1. The third-order valence-electron chi connectivity index (χ3n) is 9.19. The van der Waals surface area contributed by atoms with Gasteiger partial charge in [0.25, 0.3) is 0 Å². The number of allylic oxidation sites excluding steroid dienone is 2. The van der Waals surface area contributed by atoms with E-state index in [1.54, 1.807) is 6.07 Å². The Morgan fingerprint density at radius 3 is 2.02 bits per heavy atom. The van der Waals surface area contributed by atoms with Crippen LogP contribution in [0.25, 0.3) is 16.7 Å². The van der Waals surface area contributed by atoms with E-state index in [-0.39, 0.29) is 40.7 Å². The van der Waals surface area contributed by atoms with Gasteiger partial charge in [-0.25, -0.2) is 22.0 Å². The van der Waals surface area contributed by atoms with E-state index in [0.29, 0.717) is 30.4 Å². The second-order valence-electron chi connectivity index (χ2n) is 12.0. The average Bonchev–Trinajstić information content (AvgIpc) is 3.04. The molecule has 236 valence electrons. The summed E-state index contributed by atoms with van der Waals surface area (Å²) in [6.07, 6.45) is 9.41. The van der Waals surface area contributed by atoms with E-state index in [1.807, 2.05) is 13.0 Å². The predicted molar refractivity (Wildman–Crippen MR) is 159 cm³/mol. The molecular formula is C36H38F6O2. The highest BCUT2D eigenvalue weighted by molar-refractivity contribution is 5.68. The van der Waals surface area contributed by atoms with Crippen molar-refractivity contribution >= 4 is 5.57 Å². The van der Waals surface area contributed by atoms with E-state index in [9.17, 15) is 26.3 Å². The molecule has 3 aromatic carbocycles. The van der Waals surface area contributed by atoms with Crippen LogP contribution in [0.2, 0.25) is 0 Å². The summed E-state index contributed by atoms with van der Waals surface area (Å²) in [5, 5.41) is 0. The van der Waals surface area contributed by atoms with Crippen LogP contribution in [0.3, 0.4) is 0 Å². The molecular weight excluding hydrogens is 578 g/mol. The molecule has 5 rings (SSSR count). The molecule has 2 aliphatic carbocycles. The highest BCUT2D eigenvalue weighted by Crippen LogP contribution is 2.42. The number of rotatable bonds is 10. The van der Waals surface area contributed by atoms with Crippen LogP contribution in [0, 0.1) is 53.7 Å². The Morgan fingerprint density at radius 2 is 1.34 bits per heavy atom. The molecule has 3 aromatic rings. The van der Waals surface area contributed by atoms with Crippen molar-refractivity contribution in [3.63, 3.8) is 0 Å². The van der Waals surface area contributed by atoms with Gasteiger partial charge in [0.15, 0.2) is 34.8 Å². The molecule has 1 atom stereocenters. The van der Waals surface area contributed by atoms with Crippen LogP contribution in [0.5, 0.6) is 5.75 Å². The van der Waals surface area contributed by atoms with Crippen molar-refractivity contribution in [1.82, 2.24) is 0 Å². The minimum atomic E-state index is -1.24. The van der Waals surface area contributed by atoms with E-state index >= 15 is 0 Å². The van der Waals surface area contributed by atoms with Crippen molar-refractivity contribution in [2.45, 2.75) is 84.3 Å². The molecule has 0 heterocycles. The summed E-state index contributed by atoms with van der Waals surface area (Å²) in [6, 6.07) is 8.29. The number of hydrogen-bond donors (Lipinski definition) is 0. The van der Waals surface area contributed by atoms with Gasteiger partial charge in [-0.2, -0.15) is 4.39 Å². The lowest BCUT2D eigenvalue weighted by atomic mass is 9.73. The normalized spacial score (nSPS) is 20.5. The minimum absolute atomic E-state index is 0.0236. The quantitative estimate of drug-likeness (QED) is 0.167. The third-order valence-corrected chi connectivity index (χ3v) is 9.19. The van der Waals surface area contributed by atoms with Crippen LogP contribution in [0.15, 0.2) is 42.5 Å². The number of hydrogen-bond acceptors (Lipinski definition) is 2. The molecule has 2 aliphatic rings. The van der Waals surface area contributed by atoms with Crippen molar-refractivity contribution in [1.29, 1.82) is 0 Å². The number of ether oxygens (including phenoxy) is 2. The van der Waals surface area contributed by atoms with E-state index < -0.39 is 34.9 Å². The second-order valence-corrected chi connectivity index (χ2v) is 12.0. The third kappa shape index (κ3) is 6.85. The van der Waals surface area contributed by atoms with Gasteiger partial charge >= 0.3 is 0 Å². The lowest BCUT2D eigenvalue weighted by molar-refractivity contribution is -0.000995. The Hall–Kier alpha value is -3.26. The molecule has 1 unspecified atom stereocenters. The first-order valence-electron chi connectivity index (χ1n) is 15.5. The number of benzene rings is 3. The fourth-order valence-electron chi connectivity index (χ4n) is 6.44. The SMILES string of the molecule is CCCCOc1ccc(C2=CCC(C3CCC(OCc4ccc(-c5ccc(C)c(F)c5F)c(F)c4F)CC3)CC2)c(F)c1F. The molecule has 0 spiro atoms. The lowest BCUT2D eigenvalue weighted by Crippen LogP contribution is -2.27. The van der Waals surface area contributed by atoms with E-state index in [0.717, 1.165) is 56.9 Å². The highest BCUT2D eigenvalue weighted by Gasteiger charge is 2.30. The van der Waals surface area contributed by atoms with E-state index in [4.69, 9.17) is 9.47 Å². The monoisotopic (exact) mass is 616 g/mol. The van der Waals surface area contributed by atoms with Crippen molar-refractivity contribution in [3.8, 4) is 16.9 Å². The number of aryl methyl sites for hydroxylation is 1. The van der Waals surface area contributed by atoms with Crippen LogP contribution in [0.4, 0.5) is 26.3 Å². The lowest BCUT2D eigenvalue weighted by Gasteiger charge is -2.35. The van der Waals surface area contributed by atoms with Gasteiger partial charge in [-0.05, 0) is 93.4 Å². The first-order chi connectivity index (χ1) is 21.2. The Bertz CT molecular complexity index is 1510. The molecule has 0 amide bonds. The maximum atomic E-state index is 14.9. The van der Waals surface area contributed by atoms with Crippen LogP contribution in [0.1, 0.15) is 81.4 Å². The maximum Gasteiger partial charge on any atom is 0.201 e. The highest BCUT2D eigenvalue weighted by atomic mass is 19.2. The van der Waals surface area contributed by atoms with E-state index in [1.165, 1.54) is 37.3 Å². The fraction of sp³-hybridized carbons (Fsp3) is 0.444. The zero-order valence-corrected chi connectivity index (χ0v) is 25.1. The van der Waals surface area contributed by atoms with Crippen molar-refractivity contribution < 1.29 is 35.8 Å². The molecule has 2 nitrogen and oxygen atoms in total. The van der Waals surface area contributed by atoms with Crippen LogP contribution < -0.4 is 4.74 Å². The number of halogens is 6. The molecule has 8 heteroatoms. The van der Waals surface area contributed by atoms with E-state index in [2.05, 4.69) is 0 Å². The summed E-state index contributed by atoms with van der Waals surface area (Å²) in [5.41, 5.74) is 0.560.